The van der Waals surface area contributed by atoms with Crippen molar-refractivity contribution in [1.29, 1.82) is 0 Å². The van der Waals surface area contributed by atoms with Crippen molar-refractivity contribution in [3.8, 4) is 5.75 Å². The minimum Gasteiger partial charge on any atom is -0.484 e. The molecule has 0 N–H and O–H groups in total. The number of ether oxygens (including phenoxy) is 1. The number of benzene rings is 1. The standard InChI is InChI=1S/C21H29BrN2O2/c1-4-5-6-7-8-9-10-20-16(2)23-24(17(20)3)21(25)15-26-19-13-11-18(22)12-14-19/h11-14H,4-10,15H2,1-3H3. The number of hydrogen-bond donors (Lipinski definition) is 0. The van der Waals surface area contributed by atoms with Gasteiger partial charge in [0, 0.05) is 10.2 Å². The molecule has 1 aromatic carbocycles. The summed E-state index contributed by atoms with van der Waals surface area (Å²) < 4.78 is 8.07. The fraction of sp³-hybridized carbons (Fsp3) is 0.524. The zero-order valence-electron chi connectivity index (χ0n) is 16.1. The van der Waals surface area contributed by atoms with Crippen LogP contribution in [0.25, 0.3) is 0 Å². The second-order valence-electron chi connectivity index (χ2n) is 6.72. The van der Waals surface area contributed by atoms with Gasteiger partial charge in [0.2, 0.25) is 0 Å². The van der Waals surface area contributed by atoms with Crippen molar-refractivity contribution < 1.29 is 9.53 Å². The van der Waals surface area contributed by atoms with Crippen molar-refractivity contribution in [2.75, 3.05) is 6.61 Å². The molecule has 0 fully saturated rings. The van der Waals surface area contributed by atoms with Crippen LogP contribution < -0.4 is 4.74 Å². The highest BCUT2D eigenvalue weighted by atomic mass is 79.9. The number of carbonyl (C=O) groups is 1. The van der Waals surface area contributed by atoms with E-state index in [0.717, 1.165) is 28.7 Å². The van der Waals surface area contributed by atoms with E-state index in [4.69, 9.17) is 4.74 Å². The number of halogens is 1. The molecule has 2 aromatic rings. The van der Waals surface area contributed by atoms with E-state index in [-0.39, 0.29) is 12.5 Å². The summed E-state index contributed by atoms with van der Waals surface area (Å²) in [6.07, 6.45) is 8.59. The van der Waals surface area contributed by atoms with Crippen LogP contribution >= 0.6 is 15.9 Å². The molecule has 0 saturated heterocycles. The number of nitrogens with zero attached hydrogens (tertiary/aromatic N) is 2. The predicted octanol–water partition coefficient (Wildman–Crippen LogP) is 5.88. The van der Waals surface area contributed by atoms with Gasteiger partial charge in [0.25, 0.3) is 5.91 Å². The number of hydrogen-bond acceptors (Lipinski definition) is 3. The molecule has 0 aliphatic heterocycles. The Kier molecular flexibility index (Phi) is 8.36. The van der Waals surface area contributed by atoms with E-state index in [1.165, 1.54) is 42.3 Å². The Morgan fingerprint density at radius 1 is 1.08 bits per heavy atom. The van der Waals surface area contributed by atoms with Gasteiger partial charge in [-0.15, -0.1) is 0 Å². The van der Waals surface area contributed by atoms with E-state index in [1.807, 2.05) is 38.1 Å². The monoisotopic (exact) mass is 420 g/mol. The van der Waals surface area contributed by atoms with Crippen molar-refractivity contribution in [3.63, 3.8) is 0 Å². The molecule has 0 radical (unpaired) electrons. The Bertz CT molecular complexity index is 708. The summed E-state index contributed by atoms with van der Waals surface area (Å²) in [6, 6.07) is 7.45. The average Bonchev–Trinajstić information content (AvgIpc) is 2.92. The molecule has 0 bridgehead atoms. The Labute approximate surface area is 165 Å². The van der Waals surface area contributed by atoms with E-state index in [0.29, 0.717) is 5.75 Å². The Morgan fingerprint density at radius 3 is 2.42 bits per heavy atom. The lowest BCUT2D eigenvalue weighted by Gasteiger charge is -2.07. The maximum atomic E-state index is 12.5. The molecular formula is C21H29BrN2O2. The number of aromatic nitrogens is 2. The van der Waals surface area contributed by atoms with E-state index in [9.17, 15) is 4.79 Å². The molecule has 4 nitrogen and oxygen atoms in total. The second-order valence-corrected chi connectivity index (χ2v) is 7.63. The lowest BCUT2D eigenvalue weighted by atomic mass is 10.0. The molecule has 1 aromatic heterocycles. The van der Waals surface area contributed by atoms with Crippen molar-refractivity contribution in [2.24, 2.45) is 0 Å². The van der Waals surface area contributed by atoms with Gasteiger partial charge in [-0.3, -0.25) is 4.79 Å². The fourth-order valence-corrected chi connectivity index (χ4v) is 3.36. The van der Waals surface area contributed by atoms with Gasteiger partial charge in [-0.25, -0.2) is 4.68 Å². The molecule has 0 atom stereocenters. The van der Waals surface area contributed by atoms with Crippen LogP contribution in [-0.2, 0) is 6.42 Å². The summed E-state index contributed by atoms with van der Waals surface area (Å²) in [7, 11) is 0. The van der Waals surface area contributed by atoms with Crippen LogP contribution in [0.2, 0.25) is 0 Å². The average molecular weight is 421 g/mol. The van der Waals surface area contributed by atoms with Gasteiger partial charge >= 0.3 is 0 Å². The minimum atomic E-state index is -0.136. The first-order valence-corrected chi connectivity index (χ1v) is 10.3. The maximum Gasteiger partial charge on any atom is 0.284 e. The van der Waals surface area contributed by atoms with Crippen LogP contribution in [0.4, 0.5) is 0 Å². The van der Waals surface area contributed by atoms with Crippen LogP contribution in [0, 0.1) is 13.8 Å². The summed E-state index contributed by atoms with van der Waals surface area (Å²) in [5.41, 5.74) is 3.10. The van der Waals surface area contributed by atoms with E-state index in [1.54, 1.807) is 0 Å². The lowest BCUT2D eigenvalue weighted by molar-refractivity contribution is 0.0818. The lowest BCUT2D eigenvalue weighted by Crippen LogP contribution is -2.21. The molecular weight excluding hydrogens is 392 g/mol. The van der Waals surface area contributed by atoms with E-state index < -0.39 is 0 Å². The molecule has 26 heavy (non-hydrogen) atoms. The van der Waals surface area contributed by atoms with Gasteiger partial charge in [0.05, 0.1) is 5.69 Å². The van der Waals surface area contributed by atoms with Gasteiger partial charge in [-0.05, 0) is 56.5 Å². The van der Waals surface area contributed by atoms with Crippen LogP contribution in [0.5, 0.6) is 5.75 Å². The van der Waals surface area contributed by atoms with Crippen LogP contribution in [0.15, 0.2) is 28.7 Å². The first-order chi connectivity index (χ1) is 12.5. The summed E-state index contributed by atoms with van der Waals surface area (Å²) in [5, 5.41) is 4.44. The van der Waals surface area contributed by atoms with Gasteiger partial charge in [-0.2, -0.15) is 5.10 Å². The summed E-state index contributed by atoms with van der Waals surface area (Å²) in [6.45, 7) is 6.18. The molecule has 0 aliphatic rings. The molecule has 0 saturated carbocycles. The largest absolute Gasteiger partial charge is 0.484 e. The topological polar surface area (TPSA) is 44.1 Å². The molecule has 0 unspecified atom stereocenters. The highest BCUT2D eigenvalue weighted by Crippen LogP contribution is 2.19. The van der Waals surface area contributed by atoms with Crippen molar-refractivity contribution in [3.05, 3.63) is 45.7 Å². The number of rotatable bonds is 10. The van der Waals surface area contributed by atoms with Gasteiger partial charge < -0.3 is 4.74 Å². The maximum absolute atomic E-state index is 12.5. The quantitative estimate of drug-likeness (QED) is 0.450. The number of carbonyl (C=O) groups excluding carboxylic acids is 1. The first kappa shape index (κ1) is 20.7. The molecule has 1 heterocycles. The normalized spacial score (nSPS) is 10.9. The number of unbranched alkanes of at least 4 members (excludes halogenated alkanes) is 5. The SMILES string of the molecule is CCCCCCCCc1c(C)nn(C(=O)COc2ccc(Br)cc2)c1C. The molecule has 0 amide bonds. The van der Waals surface area contributed by atoms with Crippen molar-refractivity contribution in [1.82, 2.24) is 9.78 Å². The summed E-state index contributed by atoms with van der Waals surface area (Å²) >= 11 is 3.38. The van der Waals surface area contributed by atoms with E-state index >= 15 is 0 Å². The second kappa shape index (κ2) is 10.5. The van der Waals surface area contributed by atoms with Gasteiger partial charge in [0.1, 0.15) is 5.75 Å². The van der Waals surface area contributed by atoms with Crippen molar-refractivity contribution >= 4 is 21.8 Å². The van der Waals surface area contributed by atoms with Gasteiger partial charge in [0.15, 0.2) is 6.61 Å². The fourth-order valence-electron chi connectivity index (χ4n) is 3.10. The molecule has 2 rings (SSSR count). The molecule has 0 aliphatic carbocycles. The van der Waals surface area contributed by atoms with Crippen molar-refractivity contribution in [2.45, 2.75) is 65.7 Å². The first-order valence-electron chi connectivity index (χ1n) is 9.49. The molecule has 5 heteroatoms. The smallest absolute Gasteiger partial charge is 0.284 e. The van der Waals surface area contributed by atoms with Gasteiger partial charge in [-0.1, -0.05) is 55.0 Å². The summed E-state index contributed by atoms with van der Waals surface area (Å²) in [5.74, 6) is 0.540. The third-order valence-corrected chi connectivity index (χ3v) is 5.16. The zero-order chi connectivity index (χ0) is 18.9. The zero-order valence-corrected chi connectivity index (χ0v) is 17.6. The third kappa shape index (κ3) is 5.97. The predicted molar refractivity (Wildman–Crippen MR) is 109 cm³/mol. The molecule has 142 valence electrons. The third-order valence-electron chi connectivity index (χ3n) is 4.63. The molecule has 0 spiro atoms. The van der Waals surface area contributed by atoms with Crippen LogP contribution in [-0.4, -0.2) is 22.3 Å². The van der Waals surface area contributed by atoms with Crippen LogP contribution in [0.1, 0.15) is 67.2 Å². The Morgan fingerprint density at radius 2 is 1.73 bits per heavy atom. The Hall–Kier alpha value is -1.62. The Balaban J connectivity index is 1.88. The van der Waals surface area contributed by atoms with E-state index in [2.05, 4.69) is 28.0 Å². The number of aryl methyl sites for hydroxylation is 1. The summed E-state index contributed by atoms with van der Waals surface area (Å²) in [4.78, 5) is 12.5. The highest BCUT2D eigenvalue weighted by Gasteiger charge is 2.16. The minimum absolute atomic E-state index is 0.0138. The van der Waals surface area contributed by atoms with Crippen LogP contribution in [0.3, 0.4) is 0 Å². The highest BCUT2D eigenvalue weighted by molar-refractivity contribution is 9.10.